The Balaban J connectivity index is 1.47. The zero-order valence-corrected chi connectivity index (χ0v) is 13.1. The van der Waals surface area contributed by atoms with Crippen molar-refractivity contribution in [2.75, 3.05) is 18.1 Å². The molecule has 19 heavy (non-hydrogen) atoms. The summed E-state index contributed by atoms with van der Waals surface area (Å²) in [7, 11) is 0. The van der Waals surface area contributed by atoms with E-state index in [1.54, 1.807) is 0 Å². The third kappa shape index (κ3) is 3.48. The van der Waals surface area contributed by atoms with Gasteiger partial charge in [-0.3, -0.25) is 0 Å². The molecule has 1 spiro atoms. The summed E-state index contributed by atoms with van der Waals surface area (Å²) in [6, 6.07) is 1.51. The Labute approximate surface area is 122 Å². The molecular weight excluding hydrogens is 254 g/mol. The SMILES string of the molecule is CCC1CCC(NC2CCOC3(CCSC3)C2)CC1. The van der Waals surface area contributed by atoms with Gasteiger partial charge < -0.3 is 10.1 Å². The lowest BCUT2D eigenvalue weighted by atomic mass is 9.83. The third-order valence-electron chi connectivity index (χ3n) is 5.46. The van der Waals surface area contributed by atoms with Gasteiger partial charge in [0.1, 0.15) is 0 Å². The Hall–Kier alpha value is 0.270. The van der Waals surface area contributed by atoms with Crippen molar-refractivity contribution in [1.82, 2.24) is 5.32 Å². The Kier molecular flexibility index (Phi) is 4.76. The smallest absolute Gasteiger partial charge is 0.0795 e. The predicted molar refractivity (Wildman–Crippen MR) is 82.8 cm³/mol. The number of hydrogen-bond acceptors (Lipinski definition) is 3. The maximum atomic E-state index is 6.12. The summed E-state index contributed by atoms with van der Waals surface area (Å²) < 4.78 is 6.12. The summed E-state index contributed by atoms with van der Waals surface area (Å²) >= 11 is 2.08. The van der Waals surface area contributed by atoms with E-state index in [4.69, 9.17) is 4.74 Å². The van der Waals surface area contributed by atoms with Crippen molar-refractivity contribution in [3.8, 4) is 0 Å². The number of nitrogens with one attached hydrogen (secondary N) is 1. The molecular formula is C16H29NOS. The summed E-state index contributed by atoms with van der Waals surface area (Å²) in [5.41, 5.74) is 0.237. The van der Waals surface area contributed by atoms with Crippen LogP contribution in [0.25, 0.3) is 0 Å². The van der Waals surface area contributed by atoms with Crippen LogP contribution in [0.3, 0.4) is 0 Å². The van der Waals surface area contributed by atoms with Crippen LogP contribution >= 0.6 is 11.8 Å². The normalized spacial score (nSPS) is 43.7. The molecule has 1 aliphatic carbocycles. The van der Waals surface area contributed by atoms with Gasteiger partial charge in [-0.15, -0.1) is 0 Å². The Morgan fingerprint density at radius 1 is 1.16 bits per heavy atom. The first-order chi connectivity index (χ1) is 9.30. The maximum Gasteiger partial charge on any atom is 0.0795 e. The van der Waals surface area contributed by atoms with E-state index in [1.165, 1.54) is 62.9 Å². The van der Waals surface area contributed by atoms with Crippen LogP contribution in [0.2, 0.25) is 0 Å². The van der Waals surface area contributed by atoms with Gasteiger partial charge in [-0.25, -0.2) is 0 Å². The fourth-order valence-corrected chi connectivity index (χ4v) is 5.48. The van der Waals surface area contributed by atoms with Crippen LogP contribution in [-0.4, -0.2) is 35.8 Å². The zero-order valence-electron chi connectivity index (χ0n) is 12.3. The van der Waals surface area contributed by atoms with Gasteiger partial charge in [-0.2, -0.15) is 11.8 Å². The van der Waals surface area contributed by atoms with Gasteiger partial charge in [0.25, 0.3) is 0 Å². The second-order valence-corrected chi connectivity index (χ2v) is 7.92. The van der Waals surface area contributed by atoms with E-state index < -0.39 is 0 Å². The van der Waals surface area contributed by atoms with Crippen LogP contribution in [0.1, 0.15) is 58.3 Å². The topological polar surface area (TPSA) is 21.3 Å². The molecule has 2 saturated heterocycles. The Morgan fingerprint density at radius 3 is 2.68 bits per heavy atom. The zero-order chi connectivity index (χ0) is 13.1. The molecule has 2 unspecified atom stereocenters. The van der Waals surface area contributed by atoms with Gasteiger partial charge in [0.15, 0.2) is 0 Å². The highest BCUT2D eigenvalue weighted by Gasteiger charge is 2.40. The lowest BCUT2D eigenvalue weighted by Crippen LogP contribution is -2.50. The number of hydrogen-bond donors (Lipinski definition) is 1. The third-order valence-corrected chi connectivity index (χ3v) is 6.68. The van der Waals surface area contributed by atoms with E-state index >= 15 is 0 Å². The first kappa shape index (κ1) is 14.2. The largest absolute Gasteiger partial charge is 0.374 e. The van der Waals surface area contributed by atoms with Crippen molar-refractivity contribution in [2.45, 2.75) is 76.0 Å². The number of rotatable bonds is 3. The summed E-state index contributed by atoms with van der Waals surface area (Å²) in [5, 5.41) is 3.96. The van der Waals surface area contributed by atoms with E-state index in [9.17, 15) is 0 Å². The molecule has 1 N–H and O–H groups in total. The van der Waals surface area contributed by atoms with Crippen LogP contribution < -0.4 is 5.32 Å². The molecule has 3 rings (SSSR count). The van der Waals surface area contributed by atoms with Crippen molar-refractivity contribution < 1.29 is 4.74 Å². The minimum Gasteiger partial charge on any atom is -0.374 e. The van der Waals surface area contributed by atoms with E-state index in [0.29, 0.717) is 0 Å². The number of thioether (sulfide) groups is 1. The van der Waals surface area contributed by atoms with E-state index in [0.717, 1.165) is 24.6 Å². The van der Waals surface area contributed by atoms with Crippen LogP contribution in [0, 0.1) is 5.92 Å². The number of ether oxygens (including phenoxy) is 1. The molecule has 3 heteroatoms. The average molecular weight is 283 g/mol. The molecule has 0 radical (unpaired) electrons. The van der Waals surface area contributed by atoms with Crippen molar-refractivity contribution in [3.05, 3.63) is 0 Å². The standard InChI is InChI=1S/C16H29NOS/c1-2-13-3-5-14(6-4-13)17-15-7-9-18-16(11-15)8-10-19-12-16/h13-15,17H,2-12H2,1H3. The Bertz CT molecular complexity index is 282. The molecule has 0 bridgehead atoms. The monoisotopic (exact) mass is 283 g/mol. The molecule has 2 heterocycles. The fraction of sp³-hybridized carbons (Fsp3) is 1.00. The Morgan fingerprint density at radius 2 is 2.00 bits per heavy atom. The molecule has 110 valence electrons. The quantitative estimate of drug-likeness (QED) is 0.855. The van der Waals surface area contributed by atoms with Gasteiger partial charge >= 0.3 is 0 Å². The summed E-state index contributed by atoms with van der Waals surface area (Å²) in [6.45, 7) is 3.32. The highest BCUT2D eigenvalue weighted by Crippen LogP contribution is 2.38. The van der Waals surface area contributed by atoms with Crippen molar-refractivity contribution >= 4 is 11.8 Å². The molecule has 3 fully saturated rings. The molecule has 1 saturated carbocycles. The second kappa shape index (κ2) is 6.36. The van der Waals surface area contributed by atoms with E-state index in [-0.39, 0.29) is 5.60 Å². The van der Waals surface area contributed by atoms with Gasteiger partial charge in [0.2, 0.25) is 0 Å². The second-order valence-electron chi connectivity index (χ2n) is 6.82. The van der Waals surface area contributed by atoms with Crippen LogP contribution in [0.15, 0.2) is 0 Å². The van der Waals surface area contributed by atoms with Crippen molar-refractivity contribution in [1.29, 1.82) is 0 Å². The molecule has 3 aliphatic rings. The fourth-order valence-electron chi connectivity index (χ4n) is 4.10. The van der Waals surface area contributed by atoms with Crippen LogP contribution in [0.4, 0.5) is 0 Å². The van der Waals surface area contributed by atoms with Crippen molar-refractivity contribution in [3.63, 3.8) is 0 Å². The van der Waals surface area contributed by atoms with Crippen LogP contribution in [-0.2, 0) is 4.74 Å². The van der Waals surface area contributed by atoms with E-state index in [2.05, 4.69) is 24.0 Å². The van der Waals surface area contributed by atoms with Gasteiger partial charge in [-0.1, -0.05) is 13.3 Å². The van der Waals surface area contributed by atoms with Crippen LogP contribution in [0.5, 0.6) is 0 Å². The minimum absolute atomic E-state index is 0.237. The maximum absolute atomic E-state index is 6.12. The average Bonchev–Trinajstić information content (AvgIpc) is 2.88. The predicted octanol–water partition coefficient (Wildman–Crippen LogP) is 3.60. The van der Waals surface area contributed by atoms with Crippen molar-refractivity contribution in [2.24, 2.45) is 5.92 Å². The highest BCUT2D eigenvalue weighted by molar-refractivity contribution is 7.99. The molecule has 0 amide bonds. The molecule has 0 aromatic rings. The summed E-state index contributed by atoms with van der Waals surface area (Å²) in [6.07, 6.45) is 10.8. The molecule has 0 aromatic heterocycles. The lowest BCUT2D eigenvalue weighted by Gasteiger charge is -2.40. The minimum atomic E-state index is 0.237. The molecule has 2 atom stereocenters. The summed E-state index contributed by atoms with van der Waals surface area (Å²) in [4.78, 5) is 0. The molecule has 2 nitrogen and oxygen atoms in total. The first-order valence-electron chi connectivity index (χ1n) is 8.27. The van der Waals surface area contributed by atoms with Gasteiger partial charge in [-0.05, 0) is 56.6 Å². The first-order valence-corrected chi connectivity index (χ1v) is 9.43. The van der Waals surface area contributed by atoms with Gasteiger partial charge in [0, 0.05) is 24.4 Å². The summed E-state index contributed by atoms with van der Waals surface area (Å²) in [5.74, 6) is 3.53. The van der Waals surface area contributed by atoms with Gasteiger partial charge in [0.05, 0.1) is 5.60 Å². The lowest BCUT2D eigenvalue weighted by molar-refractivity contribution is -0.0719. The molecule has 2 aliphatic heterocycles. The molecule has 0 aromatic carbocycles. The highest BCUT2D eigenvalue weighted by atomic mass is 32.2. The van der Waals surface area contributed by atoms with E-state index in [1.807, 2.05) is 0 Å².